The van der Waals surface area contributed by atoms with Gasteiger partial charge in [0.1, 0.15) is 0 Å². The van der Waals surface area contributed by atoms with Gasteiger partial charge in [-0.1, -0.05) is 91.0 Å². The van der Waals surface area contributed by atoms with Crippen molar-refractivity contribution in [3.05, 3.63) is 163 Å². The smallest absolute Gasteiger partial charge is 0.337 e. The van der Waals surface area contributed by atoms with Crippen molar-refractivity contribution in [1.29, 1.82) is 0 Å². The van der Waals surface area contributed by atoms with Gasteiger partial charge < -0.3 is 19.1 Å². The third kappa shape index (κ3) is 6.38. The van der Waals surface area contributed by atoms with Gasteiger partial charge in [0.25, 0.3) is 0 Å². The van der Waals surface area contributed by atoms with Crippen molar-refractivity contribution in [2.45, 2.75) is 0 Å². The molecule has 1 aliphatic heterocycles. The molecule has 288 valence electrons. The number of carbonyl (C=O) groups is 2. The summed E-state index contributed by atoms with van der Waals surface area (Å²) in [5, 5.41) is 0. The Morgan fingerprint density at radius 1 is 0.417 bits per heavy atom. The van der Waals surface area contributed by atoms with Gasteiger partial charge in [-0.25, -0.2) is 39.5 Å². The standard InChI is InChI=1S/C48H31N7O5/c1-58-47(56)32-20-16-29(17-21-32)40-41(30-18-22-33(23-19-30)48(57)59-2)51-46-45(50-40)53-43-44(54-46)52-42(39(49-43)28-10-4-3-5-11-28)31-24-26-34(27-25-31)55-35-12-6-8-14-37(35)60-38-15-9-7-13-36(38)55/h3-27H,1-2H3. The minimum atomic E-state index is -0.460. The lowest BCUT2D eigenvalue weighted by Crippen LogP contribution is -2.15. The highest BCUT2D eigenvalue weighted by atomic mass is 16.5. The Bertz CT molecular complexity index is 3080. The number of ether oxygens (including phenoxy) is 3. The van der Waals surface area contributed by atoms with Crippen molar-refractivity contribution in [1.82, 2.24) is 29.9 Å². The Kier molecular flexibility index (Phi) is 8.91. The lowest BCUT2D eigenvalue weighted by molar-refractivity contribution is 0.0592. The van der Waals surface area contributed by atoms with E-state index in [0.29, 0.717) is 50.7 Å². The molecule has 0 fully saturated rings. The quantitative estimate of drug-likeness (QED) is 0.112. The lowest BCUT2D eigenvalue weighted by Gasteiger charge is -2.32. The van der Waals surface area contributed by atoms with E-state index in [1.54, 1.807) is 48.5 Å². The molecule has 12 nitrogen and oxygen atoms in total. The van der Waals surface area contributed by atoms with Crippen LogP contribution in [0.5, 0.6) is 11.5 Å². The van der Waals surface area contributed by atoms with E-state index in [-0.39, 0.29) is 16.9 Å². The minimum absolute atomic E-state index is 0.247. The summed E-state index contributed by atoms with van der Waals surface area (Å²) < 4.78 is 16.0. The maximum absolute atomic E-state index is 12.3. The zero-order valence-electron chi connectivity index (χ0n) is 32.1. The second-order valence-corrected chi connectivity index (χ2v) is 13.8. The molecule has 0 saturated heterocycles. The van der Waals surface area contributed by atoms with E-state index in [4.69, 9.17) is 44.1 Å². The summed E-state index contributed by atoms with van der Waals surface area (Å²) in [6.07, 6.45) is 0. The van der Waals surface area contributed by atoms with E-state index < -0.39 is 11.9 Å². The van der Waals surface area contributed by atoms with Gasteiger partial charge in [0.2, 0.25) is 22.6 Å². The van der Waals surface area contributed by atoms with Gasteiger partial charge >= 0.3 is 11.9 Å². The number of benzene rings is 6. The van der Waals surface area contributed by atoms with Gasteiger partial charge in [-0.05, 0) is 60.7 Å². The summed E-state index contributed by atoms with van der Waals surface area (Å²) in [6.45, 7) is 0. The normalized spacial score (nSPS) is 11.7. The van der Waals surface area contributed by atoms with Gasteiger partial charge in [-0.3, -0.25) is 0 Å². The number of aromatic nitrogens is 6. The summed E-state index contributed by atoms with van der Waals surface area (Å²) in [7, 11) is 2.67. The molecule has 0 amide bonds. The second-order valence-electron chi connectivity index (χ2n) is 13.8. The number of nitrogens with zero attached hydrogens (tertiary/aromatic N) is 7. The first kappa shape index (κ1) is 36.0. The summed E-state index contributed by atoms with van der Waals surface area (Å²) in [4.78, 5) is 56.6. The molecule has 10 rings (SSSR count). The first-order valence-corrected chi connectivity index (χ1v) is 18.9. The predicted molar refractivity (Wildman–Crippen MR) is 227 cm³/mol. The number of rotatable bonds is 7. The molecule has 12 heteroatoms. The van der Waals surface area contributed by atoms with E-state index in [1.165, 1.54) is 14.2 Å². The van der Waals surface area contributed by atoms with E-state index in [1.807, 2.05) is 91.0 Å². The van der Waals surface area contributed by atoms with Crippen molar-refractivity contribution >= 4 is 51.6 Å². The number of anilines is 3. The number of carbonyl (C=O) groups excluding carboxylic acids is 2. The van der Waals surface area contributed by atoms with Crippen LogP contribution >= 0.6 is 0 Å². The number of hydrogen-bond acceptors (Lipinski definition) is 12. The molecule has 0 radical (unpaired) electrons. The zero-order valence-corrected chi connectivity index (χ0v) is 32.1. The molecule has 60 heavy (non-hydrogen) atoms. The first-order valence-electron chi connectivity index (χ1n) is 18.9. The highest BCUT2D eigenvalue weighted by molar-refractivity contribution is 5.94. The van der Waals surface area contributed by atoms with Crippen molar-refractivity contribution in [2.24, 2.45) is 0 Å². The fourth-order valence-electron chi connectivity index (χ4n) is 7.25. The van der Waals surface area contributed by atoms with Crippen LogP contribution in [0.15, 0.2) is 152 Å². The van der Waals surface area contributed by atoms with Gasteiger partial charge in [-0.15, -0.1) is 0 Å². The molecule has 0 aliphatic carbocycles. The number of para-hydroxylation sites is 4. The van der Waals surface area contributed by atoms with Gasteiger partial charge in [0.05, 0.1) is 59.5 Å². The minimum Gasteiger partial charge on any atom is -0.465 e. The van der Waals surface area contributed by atoms with Crippen LogP contribution in [0.4, 0.5) is 17.1 Å². The molecule has 9 aromatic rings. The average molecular weight is 786 g/mol. The van der Waals surface area contributed by atoms with E-state index in [9.17, 15) is 9.59 Å². The third-order valence-corrected chi connectivity index (χ3v) is 10.2. The summed E-state index contributed by atoms with van der Waals surface area (Å²) in [5.74, 6) is 0.619. The molecule has 0 N–H and O–H groups in total. The topological polar surface area (TPSA) is 142 Å². The van der Waals surface area contributed by atoms with Crippen LogP contribution in [0.1, 0.15) is 20.7 Å². The highest BCUT2D eigenvalue weighted by Gasteiger charge is 2.26. The van der Waals surface area contributed by atoms with Gasteiger partial charge in [-0.2, -0.15) is 0 Å². The molecule has 0 unspecified atom stereocenters. The zero-order chi connectivity index (χ0) is 40.7. The SMILES string of the molecule is COC(=O)c1ccc(-c2nc3nc4nc(-c5ccccc5)c(-c5ccc(N6c7ccccc7Oc7ccccc76)cc5)nc4nc3nc2-c2ccc(C(=O)OC)cc2)cc1. The average Bonchev–Trinajstić information content (AvgIpc) is 3.31. The third-order valence-electron chi connectivity index (χ3n) is 10.2. The Morgan fingerprint density at radius 2 is 0.767 bits per heavy atom. The fourth-order valence-corrected chi connectivity index (χ4v) is 7.25. The van der Waals surface area contributed by atoms with E-state index >= 15 is 0 Å². The second kappa shape index (κ2) is 14.8. The van der Waals surface area contributed by atoms with Crippen molar-refractivity contribution < 1.29 is 23.8 Å². The molecule has 1 aliphatic rings. The van der Waals surface area contributed by atoms with Crippen LogP contribution in [0, 0.1) is 0 Å². The summed E-state index contributed by atoms with van der Waals surface area (Å²) in [5.41, 5.74) is 9.88. The Balaban J connectivity index is 1.12. The van der Waals surface area contributed by atoms with Gasteiger partial charge in [0, 0.05) is 27.9 Å². The van der Waals surface area contributed by atoms with Crippen LogP contribution in [0.3, 0.4) is 0 Å². The Labute approximate surface area is 342 Å². The molecule has 6 aromatic carbocycles. The maximum Gasteiger partial charge on any atom is 0.337 e. The fraction of sp³-hybridized carbons (Fsp3) is 0.0417. The summed E-state index contributed by atoms with van der Waals surface area (Å²) in [6, 6.07) is 47.7. The number of fused-ring (bicyclic) bond motifs is 4. The highest BCUT2D eigenvalue weighted by Crippen LogP contribution is 2.50. The van der Waals surface area contributed by atoms with Crippen molar-refractivity contribution in [2.75, 3.05) is 19.1 Å². The molecular formula is C48H31N7O5. The van der Waals surface area contributed by atoms with Crippen LogP contribution in [-0.2, 0) is 9.47 Å². The maximum atomic E-state index is 12.3. The Hall–Kier alpha value is -8.38. The molecule has 0 atom stereocenters. The van der Waals surface area contributed by atoms with Crippen molar-refractivity contribution in [3.63, 3.8) is 0 Å². The van der Waals surface area contributed by atoms with Crippen LogP contribution in [-0.4, -0.2) is 56.1 Å². The largest absolute Gasteiger partial charge is 0.465 e. The van der Waals surface area contributed by atoms with Crippen LogP contribution < -0.4 is 9.64 Å². The van der Waals surface area contributed by atoms with E-state index in [2.05, 4.69) is 17.0 Å². The lowest BCUT2D eigenvalue weighted by atomic mass is 10.0. The Morgan fingerprint density at radius 3 is 1.17 bits per heavy atom. The van der Waals surface area contributed by atoms with E-state index in [0.717, 1.165) is 39.7 Å². The molecular weight excluding hydrogens is 755 g/mol. The molecule has 3 aromatic heterocycles. The van der Waals surface area contributed by atoms with Crippen LogP contribution in [0.25, 0.3) is 67.6 Å². The van der Waals surface area contributed by atoms with Gasteiger partial charge in [0.15, 0.2) is 11.5 Å². The molecule has 0 spiro atoms. The number of methoxy groups -OCH3 is 2. The molecule has 0 saturated carbocycles. The van der Waals surface area contributed by atoms with Crippen molar-refractivity contribution in [3.8, 4) is 56.5 Å². The van der Waals surface area contributed by atoms with Crippen LogP contribution in [0.2, 0.25) is 0 Å². The number of hydrogen-bond donors (Lipinski definition) is 0. The summed E-state index contributed by atoms with van der Waals surface area (Å²) >= 11 is 0. The number of esters is 2. The predicted octanol–water partition coefficient (Wildman–Crippen LogP) is 10.2. The molecule has 0 bridgehead atoms. The molecule has 4 heterocycles. The monoisotopic (exact) mass is 785 g/mol. The first-order chi connectivity index (χ1) is 29.4.